The zero-order chi connectivity index (χ0) is 65.8. The Morgan fingerprint density at radius 1 is 0.301 bits per heavy atom. The monoisotopic (exact) mass is 1710 g/mol. The summed E-state index contributed by atoms with van der Waals surface area (Å²) in [6, 6.07) is 123. The van der Waals surface area contributed by atoms with Crippen LogP contribution < -0.4 is 47.7 Å². The van der Waals surface area contributed by atoms with Crippen molar-refractivity contribution in [2.45, 2.75) is 0 Å². The molecule has 0 spiro atoms. The first-order valence-electron chi connectivity index (χ1n) is 28.6. The van der Waals surface area contributed by atoms with Crippen molar-refractivity contribution >= 4 is 157 Å². The molecule has 470 valence electrons. The van der Waals surface area contributed by atoms with Gasteiger partial charge in [-0.15, -0.1) is 6.42 Å². The van der Waals surface area contributed by atoms with E-state index in [9.17, 15) is 0 Å². The minimum Gasteiger partial charge on any atom is -0.0622 e. The predicted octanol–water partition coefficient (Wildman–Crippen LogP) is 19.7. The molecular weight excluding hydrogens is 1650 g/mol. The van der Waals surface area contributed by atoms with E-state index in [1.54, 1.807) is 38.8 Å². The molecule has 0 saturated heterocycles. The van der Waals surface area contributed by atoms with Crippen LogP contribution in [0, 0.1) is 27.8 Å². The van der Waals surface area contributed by atoms with Gasteiger partial charge in [0.2, 0.25) is 0 Å². The maximum Gasteiger partial charge on any atom is -0.0134 e. The van der Waals surface area contributed by atoms with Crippen LogP contribution in [-0.2, 0) is 28.7 Å². The number of rotatable bonds is 9. The molecule has 0 amide bonds. The van der Waals surface area contributed by atoms with Gasteiger partial charge in [-0.3, -0.25) is 0 Å². The van der Waals surface area contributed by atoms with Crippen LogP contribution in [0.25, 0.3) is 0 Å². The Morgan fingerprint density at radius 2 is 0.527 bits per heavy atom. The summed E-state index contributed by atoms with van der Waals surface area (Å²) in [5, 5.41) is 14.1. The van der Waals surface area contributed by atoms with Crippen LogP contribution in [0.1, 0.15) is 17.0 Å². The van der Waals surface area contributed by atoms with E-state index in [1.807, 2.05) is 78.9 Å². The topological polar surface area (TPSA) is 25.8 Å². The van der Waals surface area contributed by atoms with E-state index in [4.69, 9.17) is 48.7 Å². The fraction of sp³-hybridized carbons (Fsp3) is 0. The minimum absolute atomic E-state index is 0.106. The molecule has 93 heavy (non-hydrogen) atoms. The van der Waals surface area contributed by atoms with Crippen molar-refractivity contribution in [3.8, 4) is 24.2 Å². The molecule has 13 heteroatoms. The number of nitrogens with zero attached hydrogens (tertiary/aromatic N) is 2. The summed E-state index contributed by atoms with van der Waals surface area (Å²) < 4.78 is 1.10. The number of benzene rings is 11. The minimum atomic E-state index is -0.446. The van der Waals surface area contributed by atoms with Gasteiger partial charge in [-0.1, -0.05) is 344 Å². The molecule has 13 aromatic rings. The molecule has 0 aliphatic rings. The Kier molecular flexibility index (Phi) is 38.3. The number of pyridine rings is 2. The normalized spacial score (nSPS) is 9.74. The molecule has 0 radical (unpaired) electrons. The van der Waals surface area contributed by atoms with E-state index >= 15 is 0 Å². The number of hydrogen-bond acceptors (Lipinski definition) is 2. The largest absolute Gasteiger partial charge is 0.0622 e. The second kappa shape index (κ2) is 46.9. The van der Waals surface area contributed by atoms with Crippen molar-refractivity contribution in [2.24, 2.45) is 0 Å². The van der Waals surface area contributed by atoms with Crippen molar-refractivity contribution in [1.29, 1.82) is 0 Å². The summed E-state index contributed by atoms with van der Waals surface area (Å²) in [6.07, 6.45) is 8.43. The van der Waals surface area contributed by atoms with Crippen LogP contribution in [-0.4, -0.2) is 9.97 Å². The Balaban J connectivity index is 0.000000179. The van der Waals surface area contributed by atoms with Gasteiger partial charge in [0.05, 0.1) is 10.0 Å². The molecule has 0 fully saturated rings. The van der Waals surface area contributed by atoms with E-state index in [-0.39, 0.29) is 15.9 Å². The quantitative estimate of drug-likeness (QED) is 0.0623. The molecule has 11 aromatic carbocycles. The van der Waals surface area contributed by atoms with Crippen molar-refractivity contribution < 1.29 is 28.7 Å². The Bertz CT molecular complexity index is 3580. The summed E-state index contributed by atoms with van der Waals surface area (Å²) >= 11 is 19.6. The molecule has 13 rings (SSSR count). The van der Waals surface area contributed by atoms with E-state index in [0.717, 1.165) is 19.9 Å². The third-order valence-corrected chi connectivity index (χ3v) is 21.9. The fourth-order valence-electron chi connectivity index (χ4n) is 8.55. The molecule has 0 aliphatic heterocycles. The van der Waals surface area contributed by atoms with Gasteiger partial charge < -0.3 is 0 Å². The SMILES string of the molecule is C#Cc1ccccn1.Clc1ccccc1C#Cc1ccccn1.Clc1ccccc1I.[Cl][Pd][Cl].[Cu][I].c1ccc(P(c2ccccc2)c2ccccc2)cc1.c1ccc(P(c2ccccc2)c2ccccc2)cc1.c1ccc(P(c2ccccc2)c2ccccc2)cc1. The first kappa shape index (κ1) is 76.0. The maximum atomic E-state index is 5.97. The summed E-state index contributed by atoms with van der Waals surface area (Å²) in [7, 11) is 8.29. The van der Waals surface area contributed by atoms with Crippen LogP contribution in [0.5, 0.6) is 0 Å². The second-order valence-corrected chi connectivity index (χ2v) is 29.8. The van der Waals surface area contributed by atoms with Crippen molar-refractivity contribution in [2.75, 3.05) is 0 Å². The van der Waals surface area contributed by atoms with Gasteiger partial charge in [0.15, 0.2) is 0 Å². The smallest absolute Gasteiger partial charge is 0.0134 e. The van der Waals surface area contributed by atoms with Gasteiger partial charge in [0, 0.05) is 21.5 Å². The zero-order valence-corrected chi connectivity index (χ0v) is 62.4. The van der Waals surface area contributed by atoms with Gasteiger partial charge >= 0.3 is 68.1 Å². The van der Waals surface area contributed by atoms with Gasteiger partial charge in [-0.05, 0) is 149 Å². The molecular formula is C80H62Cl4CuI2N2P3Pd. The van der Waals surface area contributed by atoms with E-state index in [2.05, 4.69) is 336 Å². The number of halogens is 6. The van der Waals surface area contributed by atoms with E-state index in [1.165, 1.54) is 47.7 Å². The average Bonchev–Trinajstić information content (AvgIpc) is 1.65. The van der Waals surface area contributed by atoms with Gasteiger partial charge in [-0.2, -0.15) is 0 Å². The summed E-state index contributed by atoms with van der Waals surface area (Å²) in [5.74, 6) is 8.36. The van der Waals surface area contributed by atoms with Crippen LogP contribution in [0.15, 0.2) is 370 Å². The third-order valence-electron chi connectivity index (χ3n) is 12.6. The van der Waals surface area contributed by atoms with Crippen LogP contribution in [0.4, 0.5) is 0 Å². The van der Waals surface area contributed by atoms with Crippen molar-refractivity contribution in [1.82, 2.24) is 9.97 Å². The number of terminal acetylenes is 1. The standard InChI is InChI=1S/3C18H15P.C13H8ClN.C7H5N.C6H4ClI.2ClH.Cu.HI.Pd/c3*1-4-10-16(11-5-1)19(17-12-6-2-7-13-17)18-14-8-3-9-15-18;14-13-7-2-1-5-11(13)8-9-12-6-3-4-10-15-12;1-2-7-5-3-4-6-8-7;7-5-3-1-2-4-6(5)8;;;;;/h3*1-15H;1-7,10H;1,3-6H;1-4H;2*1H;;1H;/q;;;;;;;;+1;;+2/p-3. The molecule has 0 bridgehead atoms. The third kappa shape index (κ3) is 28.0. The van der Waals surface area contributed by atoms with E-state index < -0.39 is 23.8 Å². The van der Waals surface area contributed by atoms with Crippen molar-refractivity contribution in [3.05, 3.63) is 401 Å². The second-order valence-electron chi connectivity index (χ2n) is 18.8. The summed E-state index contributed by atoms with van der Waals surface area (Å²) in [6.45, 7) is 0. The summed E-state index contributed by atoms with van der Waals surface area (Å²) in [5.41, 5.74) is 2.26. The molecule has 2 heterocycles. The molecule has 0 aliphatic carbocycles. The van der Waals surface area contributed by atoms with Crippen LogP contribution in [0.2, 0.25) is 10.0 Å². The number of hydrogen-bond donors (Lipinski definition) is 0. The molecule has 2 nitrogen and oxygen atoms in total. The van der Waals surface area contributed by atoms with Gasteiger partial charge in [0.25, 0.3) is 0 Å². The Morgan fingerprint density at radius 3 is 0.731 bits per heavy atom. The van der Waals surface area contributed by atoms with Crippen LogP contribution >= 0.6 is 109 Å². The fourth-order valence-corrected chi connectivity index (χ4v) is 16.2. The first-order chi connectivity index (χ1) is 45.9. The molecule has 2 aromatic heterocycles. The zero-order valence-electron chi connectivity index (χ0n) is 49.9. The summed E-state index contributed by atoms with van der Waals surface area (Å²) in [4.78, 5) is 7.97. The van der Waals surface area contributed by atoms with Crippen LogP contribution in [0.3, 0.4) is 0 Å². The van der Waals surface area contributed by atoms with E-state index in [0.29, 0.717) is 10.7 Å². The van der Waals surface area contributed by atoms with Gasteiger partial charge in [0.1, 0.15) is 11.4 Å². The maximum absolute atomic E-state index is 5.97. The number of aromatic nitrogens is 2. The Labute approximate surface area is 613 Å². The Hall–Kier alpha value is -6.07. The predicted molar refractivity (Wildman–Crippen MR) is 419 cm³/mol. The molecule has 0 saturated carbocycles. The molecule has 0 unspecified atom stereocenters. The average molecular weight is 1710 g/mol. The molecule has 0 atom stereocenters. The van der Waals surface area contributed by atoms with Gasteiger partial charge in [-0.25, -0.2) is 9.97 Å². The van der Waals surface area contributed by atoms with Crippen molar-refractivity contribution in [3.63, 3.8) is 0 Å². The molecule has 0 N–H and O–H groups in total. The first-order valence-corrected chi connectivity index (χ1v) is 41.5.